The number of anilines is 1. The first-order valence-corrected chi connectivity index (χ1v) is 7.34. The minimum atomic E-state index is 0.249. The summed E-state index contributed by atoms with van der Waals surface area (Å²) in [7, 11) is 3.61. The van der Waals surface area contributed by atoms with Crippen molar-refractivity contribution < 1.29 is 4.74 Å². The van der Waals surface area contributed by atoms with Gasteiger partial charge in [0.25, 0.3) is 5.95 Å². The van der Waals surface area contributed by atoms with Crippen LogP contribution >= 0.6 is 0 Å². The van der Waals surface area contributed by atoms with Crippen LogP contribution < -0.4 is 9.64 Å². The quantitative estimate of drug-likeness (QED) is 0.789. The molecule has 0 aliphatic heterocycles. The highest BCUT2D eigenvalue weighted by Gasteiger charge is 2.05. The lowest BCUT2D eigenvalue weighted by atomic mass is 10.1. The first-order valence-electron chi connectivity index (χ1n) is 7.34. The van der Waals surface area contributed by atoms with Gasteiger partial charge in [-0.1, -0.05) is 13.3 Å². The number of aromatic amines is 1. The number of ether oxygens (including phenoxy) is 1. The predicted molar refractivity (Wildman–Crippen MR) is 86.5 cm³/mol. The third kappa shape index (κ3) is 4.03. The number of nitrogens with zero attached hydrogens (tertiary/aromatic N) is 5. The summed E-state index contributed by atoms with van der Waals surface area (Å²) >= 11 is 0. The van der Waals surface area contributed by atoms with Crippen LogP contribution in [-0.2, 0) is 0 Å². The number of hydrogen-bond donors (Lipinski definition) is 1. The van der Waals surface area contributed by atoms with Gasteiger partial charge in [0, 0.05) is 19.3 Å². The second-order valence-corrected chi connectivity index (χ2v) is 5.09. The maximum Gasteiger partial charge on any atom is 0.336 e. The summed E-state index contributed by atoms with van der Waals surface area (Å²) in [5.74, 6) is 0.320. The average Bonchev–Trinajstić information content (AvgIpc) is 2.99. The van der Waals surface area contributed by atoms with E-state index < -0.39 is 0 Å². The molecule has 0 bridgehead atoms. The number of azo groups is 1. The Balaban J connectivity index is 2.09. The number of benzene rings is 1. The van der Waals surface area contributed by atoms with Crippen LogP contribution in [0.3, 0.4) is 0 Å². The zero-order chi connectivity index (χ0) is 15.9. The van der Waals surface area contributed by atoms with Gasteiger partial charge in [-0.3, -0.25) is 0 Å². The number of aryl methyl sites for hydroxylation is 1. The second kappa shape index (κ2) is 7.53. The van der Waals surface area contributed by atoms with E-state index in [4.69, 9.17) is 4.74 Å². The zero-order valence-electron chi connectivity index (χ0n) is 13.5. The Hall–Kier alpha value is -2.44. The number of nitrogens with one attached hydrogen (secondary N) is 1. The molecule has 22 heavy (non-hydrogen) atoms. The van der Waals surface area contributed by atoms with Gasteiger partial charge in [0.2, 0.25) is 0 Å². The van der Waals surface area contributed by atoms with E-state index >= 15 is 0 Å². The topological polar surface area (TPSA) is 78.8 Å². The molecule has 2 aromatic rings. The van der Waals surface area contributed by atoms with Crippen molar-refractivity contribution in [3.63, 3.8) is 0 Å². The van der Waals surface area contributed by atoms with E-state index in [1.165, 1.54) is 25.6 Å². The maximum absolute atomic E-state index is 4.88. The summed E-state index contributed by atoms with van der Waals surface area (Å²) in [6.07, 6.45) is 2.38. The van der Waals surface area contributed by atoms with Gasteiger partial charge in [-0.25, -0.2) is 5.10 Å². The monoisotopic (exact) mass is 302 g/mol. The molecule has 0 saturated heterocycles. The highest BCUT2D eigenvalue weighted by molar-refractivity contribution is 5.57. The van der Waals surface area contributed by atoms with Crippen LogP contribution in [0.4, 0.5) is 17.3 Å². The Morgan fingerprint density at radius 1 is 1.32 bits per heavy atom. The predicted octanol–water partition coefficient (Wildman–Crippen LogP) is 3.77. The van der Waals surface area contributed by atoms with Crippen LogP contribution in [0.5, 0.6) is 6.01 Å². The van der Waals surface area contributed by atoms with E-state index in [-0.39, 0.29) is 6.01 Å². The third-order valence-corrected chi connectivity index (χ3v) is 3.36. The molecule has 0 fully saturated rings. The van der Waals surface area contributed by atoms with Crippen LogP contribution in [0, 0.1) is 6.92 Å². The molecule has 0 radical (unpaired) electrons. The number of unbranched alkanes of at least 4 members (excludes halogenated alkanes) is 1. The van der Waals surface area contributed by atoms with Crippen LogP contribution in [-0.4, -0.2) is 35.9 Å². The Bertz CT molecular complexity index is 637. The second-order valence-electron chi connectivity index (χ2n) is 5.09. The summed E-state index contributed by atoms with van der Waals surface area (Å²) in [6.45, 7) is 5.27. The lowest BCUT2D eigenvalue weighted by Gasteiger charge is -2.19. The fraction of sp³-hybridized carbons (Fsp3) is 0.467. The molecule has 0 aliphatic rings. The van der Waals surface area contributed by atoms with Crippen molar-refractivity contribution in [2.45, 2.75) is 26.7 Å². The van der Waals surface area contributed by atoms with E-state index in [9.17, 15) is 0 Å². The molecule has 1 aromatic carbocycles. The van der Waals surface area contributed by atoms with Crippen molar-refractivity contribution in [3.8, 4) is 6.01 Å². The fourth-order valence-electron chi connectivity index (χ4n) is 1.99. The molecule has 0 unspecified atom stereocenters. The van der Waals surface area contributed by atoms with Crippen LogP contribution in [0.1, 0.15) is 25.3 Å². The maximum atomic E-state index is 4.88. The summed E-state index contributed by atoms with van der Waals surface area (Å²) in [5.41, 5.74) is 3.06. The fourth-order valence-corrected chi connectivity index (χ4v) is 1.99. The van der Waals surface area contributed by atoms with Crippen LogP contribution in [0.2, 0.25) is 0 Å². The van der Waals surface area contributed by atoms with Crippen LogP contribution in [0.25, 0.3) is 0 Å². The summed E-state index contributed by atoms with van der Waals surface area (Å²) in [6, 6.07) is 6.38. The minimum absolute atomic E-state index is 0.249. The van der Waals surface area contributed by atoms with Gasteiger partial charge in [0.05, 0.1) is 12.8 Å². The number of methoxy groups -OCH3 is 1. The van der Waals surface area contributed by atoms with Gasteiger partial charge in [0.1, 0.15) is 0 Å². The van der Waals surface area contributed by atoms with Gasteiger partial charge in [-0.15, -0.1) is 15.3 Å². The lowest BCUT2D eigenvalue weighted by Crippen LogP contribution is -2.18. The molecule has 2 rings (SSSR count). The standard InChI is InChI=1S/C15H22N6O/c1-5-6-9-21(3)12-7-8-13(11(2)10-12)17-18-14-16-15(22-4)20-19-14/h7-8,10H,5-6,9H2,1-4H3,(H,16,19,20). The van der Waals surface area contributed by atoms with E-state index in [2.05, 4.69) is 56.4 Å². The number of hydrogen-bond acceptors (Lipinski definition) is 6. The molecular formula is C15H22N6O. The first kappa shape index (κ1) is 15.9. The molecule has 1 N–H and O–H groups in total. The van der Waals surface area contributed by atoms with E-state index in [0.29, 0.717) is 5.95 Å². The molecule has 0 spiro atoms. The van der Waals surface area contributed by atoms with Crippen LogP contribution in [0.15, 0.2) is 28.4 Å². The van der Waals surface area contributed by atoms with Gasteiger partial charge in [-0.05, 0) is 37.1 Å². The van der Waals surface area contributed by atoms with E-state index in [1.54, 1.807) is 0 Å². The Morgan fingerprint density at radius 3 is 2.77 bits per heavy atom. The van der Waals surface area contributed by atoms with Gasteiger partial charge in [0.15, 0.2) is 0 Å². The molecule has 0 atom stereocenters. The Kier molecular flexibility index (Phi) is 5.46. The summed E-state index contributed by atoms with van der Waals surface area (Å²) < 4.78 is 4.88. The Labute approximate surface area is 130 Å². The molecule has 0 aliphatic carbocycles. The molecule has 7 nitrogen and oxygen atoms in total. The van der Waals surface area contributed by atoms with Crippen molar-refractivity contribution in [1.82, 2.24) is 15.2 Å². The van der Waals surface area contributed by atoms with Gasteiger partial charge >= 0.3 is 6.01 Å². The molecule has 0 amide bonds. The lowest BCUT2D eigenvalue weighted by molar-refractivity contribution is 0.382. The van der Waals surface area contributed by atoms with Crippen molar-refractivity contribution in [1.29, 1.82) is 0 Å². The van der Waals surface area contributed by atoms with Crippen molar-refractivity contribution in [3.05, 3.63) is 23.8 Å². The molecule has 7 heteroatoms. The van der Waals surface area contributed by atoms with Crippen molar-refractivity contribution >= 4 is 17.3 Å². The summed E-state index contributed by atoms with van der Waals surface area (Å²) in [5, 5.41) is 14.7. The van der Waals surface area contributed by atoms with Gasteiger partial charge in [-0.2, -0.15) is 4.98 Å². The third-order valence-electron chi connectivity index (χ3n) is 3.36. The largest absolute Gasteiger partial charge is 0.466 e. The normalized spacial score (nSPS) is 11.1. The van der Waals surface area contributed by atoms with E-state index in [0.717, 1.165) is 17.8 Å². The number of H-pyrrole nitrogens is 1. The molecular weight excluding hydrogens is 280 g/mol. The van der Waals surface area contributed by atoms with Gasteiger partial charge < -0.3 is 9.64 Å². The van der Waals surface area contributed by atoms with E-state index in [1.807, 2.05) is 13.0 Å². The molecule has 118 valence electrons. The first-order chi connectivity index (χ1) is 10.6. The Morgan fingerprint density at radius 2 is 2.14 bits per heavy atom. The highest BCUT2D eigenvalue weighted by atomic mass is 16.5. The minimum Gasteiger partial charge on any atom is -0.466 e. The number of aromatic nitrogens is 3. The number of rotatable bonds is 7. The average molecular weight is 302 g/mol. The zero-order valence-corrected chi connectivity index (χ0v) is 13.5. The highest BCUT2D eigenvalue weighted by Crippen LogP contribution is 2.25. The van der Waals surface area contributed by atoms with Crippen molar-refractivity contribution in [2.24, 2.45) is 10.2 Å². The smallest absolute Gasteiger partial charge is 0.336 e. The molecule has 1 aromatic heterocycles. The molecule has 1 heterocycles. The molecule has 0 saturated carbocycles. The summed E-state index contributed by atoms with van der Waals surface area (Å²) in [4.78, 5) is 6.24. The SMILES string of the molecule is CCCCN(C)c1ccc(N=Nc2nc(OC)n[nH]2)c(C)c1. The van der Waals surface area contributed by atoms with Crippen molar-refractivity contribution in [2.75, 3.05) is 25.6 Å².